The molecule has 1 N–H and O–H groups in total. The van der Waals surface area contributed by atoms with Crippen LogP contribution in [0.1, 0.15) is 48.2 Å². The van der Waals surface area contributed by atoms with Crippen molar-refractivity contribution in [3.63, 3.8) is 0 Å². The molecule has 194 valence electrons. The predicted octanol–water partition coefficient (Wildman–Crippen LogP) is 6.86. The average Bonchev–Trinajstić information content (AvgIpc) is 3.42. The van der Waals surface area contributed by atoms with Crippen LogP contribution in [0.15, 0.2) is 91.1 Å². The largest absolute Gasteiger partial charge is 0.322 e. The number of nitrogens with one attached hydrogen (secondary N) is 1. The Labute approximate surface area is 224 Å². The molecule has 1 atom stereocenters. The Bertz CT molecular complexity index is 1420. The summed E-state index contributed by atoms with van der Waals surface area (Å²) in [6.45, 7) is 6.53. The summed E-state index contributed by atoms with van der Waals surface area (Å²) in [6.07, 6.45) is 3.78. The van der Waals surface area contributed by atoms with Gasteiger partial charge in [-0.2, -0.15) is 0 Å². The minimum absolute atomic E-state index is 0.0187. The predicted molar refractivity (Wildman–Crippen MR) is 153 cm³/mol. The number of unbranched alkanes of at least 4 members (excludes halogenated alkanes) is 1. The molecule has 6 nitrogen and oxygen atoms in total. The van der Waals surface area contributed by atoms with Crippen molar-refractivity contribution in [1.29, 1.82) is 0 Å². The third kappa shape index (κ3) is 4.82. The van der Waals surface area contributed by atoms with Crippen LogP contribution in [0.3, 0.4) is 0 Å². The minimum atomic E-state index is -0.303. The second-order valence-corrected chi connectivity index (χ2v) is 9.84. The lowest BCUT2D eigenvalue weighted by atomic mass is 9.97. The van der Waals surface area contributed by atoms with E-state index < -0.39 is 0 Å². The summed E-state index contributed by atoms with van der Waals surface area (Å²) in [7, 11) is 0. The van der Waals surface area contributed by atoms with E-state index in [-0.39, 0.29) is 24.5 Å². The molecule has 1 unspecified atom stereocenters. The molecule has 3 amide bonds. The van der Waals surface area contributed by atoms with E-state index in [1.807, 2.05) is 91.7 Å². The van der Waals surface area contributed by atoms with Crippen LogP contribution in [-0.2, 0) is 4.79 Å². The van der Waals surface area contributed by atoms with Gasteiger partial charge in [-0.05, 0) is 61.2 Å². The summed E-state index contributed by atoms with van der Waals surface area (Å²) < 4.78 is 2.15. The topological polar surface area (TPSA) is 57.6 Å². The van der Waals surface area contributed by atoms with Crippen molar-refractivity contribution in [3.8, 4) is 5.69 Å². The van der Waals surface area contributed by atoms with Gasteiger partial charge in [0.2, 0.25) is 5.91 Å². The van der Waals surface area contributed by atoms with Crippen molar-refractivity contribution in [3.05, 3.63) is 114 Å². The first-order valence-electron chi connectivity index (χ1n) is 13.3. The number of fused-ring (bicyclic) bond motifs is 3. The molecule has 3 aromatic carbocycles. The maximum atomic E-state index is 14.2. The van der Waals surface area contributed by atoms with Crippen LogP contribution in [0.2, 0.25) is 0 Å². The van der Waals surface area contributed by atoms with Gasteiger partial charge in [-0.15, -0.1) is 0 Å². The lowest BCUT2D eigenvalue weighted by molar-refractivity contribution is -0.119. The Hall–Kier alpha value is -4.32. The Morgan fingerprint density at radius 1 is 0.842 bits per heavy atom. The molecule has 0 fully saturated rings. The van der Waals surface area contributed by atoms with Gasteiger partial charge in [0.25, 0.3) is 0 Å². The number of amides is 3. The van der Waals surface area contributed by atoms with Gasteiger partial charge in [0.15, 0.2) is 0 Å². The number of aromatic nitrogens is 1. The number of urea groups is 1. The fraction of sp³-hybridized carbons (Fsp3) is 0.250. The highest BCUT2D eigenvalue weighted by molar-refractivity contribution is 6.01. The third-order valence-electron chi connectivity index (χ3n) is 7.21. The molecule has 0 aliphatic carbocycles. The second-order valence-electron chi connectivity index (χ2n) is 9.84. The molecule has 0 bridgehead atoms. The van der Waals surface area contributed by atoms with Crippen LogP contribution >= 0.6 is 0 Å². The Balaban J connectivity index is 1.50. The molecular weight excluding hydrogens is 472 g/mol. The van der Waals surface area contributed by atoms with E-state index in [9.17, 15) is 9.59 Å². The normalized spacial score (nSPS) is 14.0. The van der Waals surface area contributed by atoms with Gasteiger partial charge in [-0.25, -0.2) is 4.79 Å². The molecule has 2 heterocycles. The zero-order valence-electron chi connectivity index (χ0n) is 22.2. The fourth-order valence-corrected chi connectivity index (χ4v) is 5.25. The second kappa shape index (κ2) is 11.0. The lowest BCUT2D eigenvalue weighted by Crippen LogP contribution is -2.48. The van der Waals surface area contributed by atoms with E-state index in [4.69, 9.17) is 0 Å². The number of hydrogen-bond donors (Lipinski definition) is 1. The minimum Gasteiger partial charge on any atom is -0.316 e. The first kappa shape index (κ1) is 25.3. The SMILES string of the molecule is CCCCN(CC(=O)N1c2ccccc2-n2cccc2C1c1ccccc1)C(=O)Nc1c(C)cccc1C. The molecule has 0 saturated heterocycles. The number of nitrogens with zero attached hydrogens (tertiary/aromatic N) is 3. The molecule has 4 aromatic rings. The van der Waals surface area contributed by atoms with Crippen LogP contribution in [0.5, 0.6) is 0 Å². The summed E-state index contributed by atoms with van der Waals surface area (Å²) in [4.78, 5) is 31.3. The quantitative estimate of drug-likeness (QED) is 0.298. The third-order valence-corrected chi connectivity index (χ3v) is 7.21. The molecule has 0 spiro atoms. The summed E-state index contributed by atoms with van der Waals surface area (Å²) in [5.74, 6) is -0.119. The van der Waals surface area contributed by atoms with Gasteiger partial charge in [0.05, 0.1) is 17.1 Å². The molecular formula is C32H34N4O2. The van der Waals surface area contributed by atoms with Gasteiger partial charge < -0.3 is 14.8 Å². The summed E-state index contributed by atoms with van der Waals surface area (Å²) in [5, 5.41) is 3.08. The van der Waals surface area contributed by atoms with Crippen LogP contribution in [-0.4, -0.2) is 34.5 Å². The van der Waals surface area contributed by atoms with Crippen molar-refractivity contribution in [1.82, 2.24) is 9.47 Å². The summed E-state index contributed by atoms with van der Waals surface area (Å²) in [5.41, 5.74) is 6.62. The molecule has 1 aliphatic rings. The van der Waals surface area contributed by atoms with Gasteiger partial charge in [0, 0.05) is 18.4 Å². The number of benzene rings is 3. The zero-order chi connectivity index (χ0) is 26.6. The first-order valence-corrected chi connectivity index (χ1v) is 13.3. The van der Waals surface area contributed by atoms with Gasteiger partial charge in [-0.1, -0.05) is 74.0 Å². The number of aryl methyl sites for hydroxylation is 2. The van der Waals surface area contributed by atoms with Crippen molar-refractivity contribution in [2.75, 3.05) is 23.3 Å². The fourth-order valence-electron chi connectivity index (χ4n) is 5.25. The van der Waals surface area contributed by atoms with E-state index in [1.165, 1.54) is 0 Å². The Morgan fingerprint density at radius 2 is 1.53 bits per heavy atom. The molecule has 0 saturated carbocycles. The summed E-state index contributed by atoms with van der Waals surface area (Å²) in [6, 6.07) is 27.5. The number of rotatable bonds is 7. The van der Waals surface area contributed by atoms with Gasteiger partial charge in [-0.3, -0.25) is 9.69 Å². The zero-order valence-corrected chi connectivity index (χ0v) is 22.2. The molecule has 1 aromatic heterocycles. The average molecular weight is 507 g/mol. The van der Waals surface area contributed by atoms with Crippen molar-refractivity contribution in [2.45, 2.75) is 39.7 Å². The van der Waals surface area contributed by atoms with E-state index in [0.29, 0.717) is 6.54 Å². The number of para-hydroxylation sites is 3. The lowest BCUT2D eigenvalue weighted by Gasteiger charge is -2.39. The summed E-state index contributed by atoms with van der Waals surface area (Å²) >= 11 is 0. The Morgan fingerprint density at radius 3 is 2.24 bits per heavy atom. The smallest absolute Gasteiger partial charge is 0.316 e. The van der Waals surface area contributed by atoms with E-state index >= 15 is 0 Å². The maximum Gasteiger partial charge on any atom is 0.322 e. The van der Waals surface area contributed by atoms with Crippen LogP contribution in [0.4, 0.5) is 16.2 Å². The number of carbonyl (C=O) groups is 2. The van der Waals surface area contributed by atoms with Gasteiger partial charge >= 0.3 is 6.03 Å². The standard InChI is InChI=1S/C32H34N4O2/c1-4-5-20-34(32(38)33-30-23(2)13-11-14-24(30)3)22-29(37)36-27-18-10-9-17-26(27)35-21-12-19-28(35)31(36)25-15-7-6-8-16-25/h6-19,21,31H,4-5,20,22H2,1-3H3,(H,33,38). The highest BCUT2D eigenvalue weighted by Crippen LogP contribution is 2.42. The molecule has 0 radical (unpaired) electrons. The van der Waals surface area contributed by atoms with Crippen LogP contribution in [0, 0.1) is 13.8 Å². The molecule has 1 aliphatic heterocycles. The highest BCUT2D eigenvalue weighted by Gasteiger charge is 2.36. The van der Waals surface area contributed by atoms with Gasteiger partial charge in [0.1, 0.15) is 12.6 Å². The molecule has 5 rings (SSSR count). The van der Waals surface area contributed by atoms with Crippen LogP contribution in [0.25, 0.3) is 5.69 Å². The Kier molecular flexibility index (Phi) is 7.31. The molecule has 38 heavy (non-hydrogen) atoms. The number of anilines is 2. The van der Waals surface area contributed by atoms with E-state index in [1.54, 1.807) is 4.90 Å². The first-order chi connectivity index (χ1) is 18.5. The van der Waals surface area contributed by atoms with Crippen molar-refractivity contribution < 1.29 is 9.59 Å². The van der Waals surface area contributed by atoms with Crippen molar-refractivity contribution in [2.24, 2.45) is 0 Å². The van der Waals surface area contributed by atoms with Crippen molar-refractivity contribution >= 4 is 23.3 Å². The highest BCUT2D eigenvalue weighted by atomic mass is 16.2. The maximum absolute atomic E-state index is 14.2. The van der Waals surface area contributed by atoms with E-state index in [2.05, 4.69) is 35.0 Å². The molecule has 6 heteroatoms. The van der Waals surface area contributed by atoms with E-state index in [0.717, 1.165) is 52.3 Å². The van der Waals surface area contributed by atoms with Crippen LogP contribution < -0.4 is 10.2 Å². The number of hydrogen-bond acceptors (Lipinski definition) is 2. The monoisotopic (exact) mass is 506 g/mol. The number of carbonyl (C=O) groups excluding carboxylic acids is 2.